The average Bonchev–Trinajstić information content (AvgIpc) is 2.61. The van der Waals surface area contributed by atoms with Crippen LogP contribution < -0.4 is 0 Å². The first-order valence-corrected chi connectivity index (χ1v) is 9.71. The van der Waals surface area contributed by atoms with Gasteiger partial charge in [0.15, 0.2) is 0 Å². The summed E-state index contributed by atoms with van der Waals surface area (Å²) in [4.78, 5) is 23.4. The molecule has 0 bridgehead atoms. The number of hydrogen-bond donors (Lipinski definition) is 0. The lowest BCUT2D eigenvalue weighted by Gasteiger charge is -2.39. The summed E-state index contributed by atoms with van der Waals surface area (Å²) < 4.78 is 5.61. The first kappa shape index (κ1) is 19.9. The lowest BCUT2D eigenvalue weighted by atomic mass is 9.86. The number of pyridine rings is 2. The first-order valence-electron chi connectivity index (χ1n) is 8.95. The minimum Gasteiger partial charge on any atom is -0.444 e. The van der Waals surface area contributed by atoms with E-state index in [9.17, 15) is 4.79 Å². The number of amides is 1. The van der Waals surface area contributed by atoms with E-state index in [0.717, 1.165) is 17.8 Å². The van der Waals surface area contributed by atoms with E-state index in [2.05, 4.69) is 9.97 Å². The standard InChI is InChI=1S/C20H23Cl2N3O2/c1-20(2,3)27-19(26)25-9-8-13(16-6-4-14(21)11-23-16)10-18(25)17-7-5-15(22)12-24-17/h4-7,11-13,18H,8-10H2,1-3H3. The molecule has 1 aliphatic rings. The molecule has 1 saturated heterocycles. The molecule has 3 rings (SSSR count). The molecular weight excluding hydrogens is 385 g/mol. The summed E-state index contributed by atoms with van der Waals surface area (Å²) in [6.45, 7) is 6.17. The van der Waals surface area contributed by atoms with Gasteiger partial charge in [0, 0.05) is 30.6 Å². The summed E-state index contributed by atoms with van der Waals surface area (Å²) in [5.41, 5.74) is 1.22. The molecule has 5 nitrogen and oxygen atoms in total. The number of aromatic nitrogens is 2. The van der Waals surface area contributed by atoms with Crippen molar-refractivity contribution in [1.29, 1.82) is 0 Å². The number of halogens is 2. The minimum absolute atomic E-state index is 0.201. The summed E-state index contributed by atoms with van der Waals surface area (Å²) in [6.07, 6.45) is 4.45. The lowest BCUT2D eigenvalue weighted by Crippen LogP contribution is -2.43. The van der Waals surface area contributed by atoms with E-state index in [1.54, 1.807) is 23.4 Å². The van der Waals surface area contributed by atoms with E-state index in [1.165, 1.54) is 0 Å². The Kier molecular flexibility index (Phi) is 5.92. The second-order valence-corrected chi connectivity index (χ2v) is 8.59. The minimum atomic E-state index is -0.552. The van der Waals surface area contributed by atoms with E-state index in [0.29, 0.717) is 23.0 Å². The highest BCUT2D eigenvalue weighted by molar-refractivity contribution is 6.30. The van der Waals surface area contributed by atoms with Crippen molar-refractivity contribution in [1.82, 2.24) is 14.9 Å². The number of likely N-dealkylation sites (tertiary alicyclic amines) is 1. The van der Waals surface area contributed by atoms with Crippen LogP contribution in [-0.4, -0.2) is 33.1 Å². The normalized spacial score (nSPS) is 20.4. The summed E-state index contributed by atoms with van der Waals surface area (Å²) in [5.74, 6) is 0.212. The Bertz CT molecular complexity index is 788. The van der Waals surface area contributed by atoms with Crippen LogP contribution in [0.2, 0.25) is 10.0 Å². The molecule has 1 fully saturated rings. The molecule has 0 aliphatic carbocycles. The molecule has 0 saturated carbocycles. The van der Waals surface area contributed by atoms with Gasteiger partial charge in [0.2, 0.25) is 0 Å². The van der Waals surface area contributed by atoms with E-state index in [-0.39, 0.29) is 18.1 Å². The Balaban J connectivity index is 1.87. The van der Waals surface area contributed by atoms with Gasteiger partial charge in [0.1, 0.15) is 5.60 Å². The molecule has 3 heterocycles. The summed E-state index contributed by atoms with van der Waals surface area (Å²) in [5, 5.41) is 1.18. The second-order valence-electron chi connectivity index (χ2n) is 7.71. The van der Waals surface area contributed by atoms with Crippen LogP contribution in [-0.2, 0) is 4.74 Å². The molecule has 7 heteroatoms. The largest absolute Gasteiger partial charge is 0.444 e. The van der Waals surface area contributed by atoms with Crippen LogP contribution in [0.3, 0.4) is 0 Å². The van der Waals surface area contributed by atoms with Crippen LogP contribution in [0.1, 0.15) is 57.0 Å². The predicted molar refractivity (Wildman–Crippen MR) is 106 cm³/mol. The fourth-order valence-electron chi connectivity index (χ4n) is 3.27. The molecule has 27 heavy (non-hydrogen) atoms. The molecule has 0 spiro atoms. The van der Waals surface area contributed by atoms with E-state index in [1.807, 2.05) is 39.0 Å². The Morgan fingerprint density at radius 3 is 2.19 bits per heavy atom. The molecule has 0 N–H and O–H groups in total. The summed E-state index contributed by atoms with van der Waals surface area (Å²) in [7, 11) is 0. The van der Waals surface area contributed by atoms with Gasteiger partial charge in [-0.1, -0.05) is 23.2 Å². The van der Waals surface area contributed by atoms with Crippen molar-refractivity contribution in [3.8, 4) is 0 Å². The Labute approximate surface area is 169 Å². The molecule has 2 aromatic rings. The van der Waals surface area contributed by atoms with Gasteiger partial charge in [-0.05, 0) is 57.9 Å². The van der Waals surface area contributed by atoms with Gasteiger partial charge >= 0.3 is 6.09 Å². The molecule has 2 unspecified atom stereocenters. The smallest absolute Gasteiger partial charge is 0.410 e. The highest BCUT2D eigenvalue weighted by atomic mass is 35.5. The molecular formula is C20H23Cl2N3O2. The Morgan fingerprint density at radius 1 is 1.07 bits per heavy atom. The molecule has 144 valence electrons. The first-order chi connectivity index (χ1) is 12.7. The SMILES string of the molecule is CC(C)(C)OC(=O)N1CCC(c2ccc(Cl)cn2)CC1c1ccc(Cl)cn1. The van der Waals surface area contributed by atoms with E-state index in [4.69, 9.17) is 27.9 Å². The van der Waals surface area contributed by atoms with Gasteiger partial charge in [-0.25, -0.2) is 4.79 Å². The van der Waals surface area contributed by atoms with Crippen molar-refractivity contribution in [2.75, 3.05) is 6.54 Å². The van der Waals surface area contributed by atoms with Crippen molar-refractivity contribution in [2.24, 2.45) is 0 Å². The topological polar surface area (TPSA) is 55.3 Å². The van der Waals surface area contributed by atoms with E-state index < -0.39 is 5.60 Å². The third-order valence-corrected chi connectivity index (χ3v) is 4.94. The zero-order chi connectivity index (χ0) is 19.6. The van der Waals surface area contributed by atoms with Crippen molar-refractivity contribution in [3.05, 3.63) is 58.1 Å². The maximum atomic E-state index is 12.8. The van der Waals surface area contributed by atoms with Crippen LogP contribution in [0.5, 0.6) is 0 Å². The fourth-order valence-corrected chi connectivity index (χ4v) is 3.49. The van der Waals surface area contributed by atoms with Gasteiger partial charge < -0.3 is 4.74 Å². The van der Waals surface area contributed by atoms with Crippen LogP contribution in [0, 0.1) is 0 Å². The van der Waals surface area contributed by atoms with Crippen molar-refractivity contribution in [2.45, 2.75) is 51.2 Å². The maximum absolute atomic E-state index is 12.8. The average molecular weight is 408 g/mol. The van der Waals surface area contributed by atoms with Gasteiger partial charge in [0.25, 0.3) is 0 Å². The number of ether oxygens (including phenoxy) is 1. The number of carbonyl (C=O) groups excluding carboxylic acids is 1. The number of piperidine rings is 1. The highest BCUT2D eigenvalue weighted by Crippen LogP contribution is 2.39. The van der Waals surface area contributed by atoms with Gasteiger partial charge in [-0.15, -0.1) is 0 Å². The maximum Gasteiger partial charge on any atom is 0.410 e. The van der Waals surface area contributed by atoms with E-state index >= 15 is 0 Å². The molecule has 2 aromatic heterocycles. The lowest BCUT2D eigenvalue weighted by molar-refractivity contribution is 0.00697. The quantitative estimate of drug-likeness (QED) is 0.646. The Hall–Kier alpha value is -1.85. The number of hydrogen-bond acceptors (Lipinski definition) is 4. The third-order valence-electron chi connectivity index (χ3n) is 4.49. The van der Waals surface area contributed by atoms with Crippen LogP contribution in [0.25, 0.3) is 0 Å². The Morgan fingerprint density at radius 2 is 1.67 bits per heavy atom. The van der Waals surface area contributed by atoms with Crippen LogP contribution in [0.4, 0.5) is 4.79 Å². The molecule has 2 atom stereocenters. The van der Waals surface area contributed by atoms with Gasteiger partial charge in [-0.2, -0.15) is 0 Å². The zero-order valence-electron chi connectivity index (χ0n) is 15.7. The highest BCUT2D eigenvalue weighted by Gasteiger charge is 2.36. The third kappa shape index (κ3) is 5.11. The number of nitrogens with zero attached hydrogens (tertiary/aromatic N) is 3. The van der Waals surface area contributed by atoms with Crippen LogP contribution in [0.15, 0.2) is 36.7 Å². The molecule has 0 radical (unpaired) electrons. The second kappa shape index (κ2) is 8.03. The van der Waals surface area contributed by atoms with Gasteiger partial charge in [0.05, 0.1) is 21.8 Å². The molecule has 1 aliphatic heterocycles. The van der Waals surface area contributed by atoms with Gasteiger partial charge in [-0.3, -0.25) is 14.9 Å². The van der Waals surface area contributed by atoms with Crippen LogP contribution >= 0.6 is 23.2 Å². The number of carbonyl (C=O) groups is 1. The number of rotatable bonds is 2. The monoisotopic (exact) mass is 407 g/mol. The van der Waals surface area contributed by atoms with Crippen molar-refractivity contribution >= 4 is 29.3 Å². The van der Waals surface area contributed by atoms with Crippen molar-refractivity contribution in [3.63, 3.8) is 0 Å². The molecule has 0 aromatic carbocycles. The van der Waals surface area contributed by atoms with Crippen molar-refractivity contribution < 1.29 is 9.53 Å². The predicted octanol–water partition coefficient (Wildman–Crippen LogP) is 5.64. The zero-order valence-corrected chi connectivity index (χ0v) is 17.2. The summed E-state index contributed by atoms with van der Waals surface area (Å²) in [6, 6.07) is 7.25. The summed E-state index contributed by atoms with van der Waals surface area (Å²) >= 11 is 11.9. The fraction of sp³-hybridized carbons (Fsp3) is 0.450. The molecule has 1 amide bonds.